The van der Waals surface area contributed by atoms with Crippen LogP contribution in [0, 0.1) is 0 Å². The topological polar surface area (TPSA) is 34.9 Å². The number of nitrogens with zero attached hydrogens (tertiary/aromatic N) is 2. The Labute approximate surface area is 88.7 Å². The van der Waals surface area contributed by atoms with Crippen LogP contribution >= 0.6 is 0 Å². The molecule has 0 atom stereocenters. The molecule has 0 bridgehead atoms. The van der Waals surface area contributed by atoms with Crippen LogP contribution in [0.25, 0.3) is 11.0 Å². The molecule has 3 nitrogen and oxygen atoms in total. The fourth-order valence-corrected chi connectivity index (χ4v) is 1.68. The van der Waals surface area contributed by atoms with Crippen molar-refractivity contribution in [3.05, 3.63) is 30.1 Å². The van der Waals surface area contributed by atoms with Crippen LogP contribution in [0.1, 0.15) is 30.1 Å². The van der Waals surface area contributed by atoms with Gasteiger partial charge in [0, 0.05) is 19.0 Å². The Hall–Kier alpha value is -1.64. The number of aromatic nitrogens is 2. The molecule has 0 unspecified atom stereocenters. The van der Waals surface area contributed by atoms with E-state index in [1.54, 1.807) is 6.33 Å². The van der Waals surface area contributed by atoms with Gasteiger partial charge in [0.15, 0.2) is 5.78 Å². The molecule has 0 radical (unpaired) electrons. The maximum atomic E-state index is 11.7. The van der Waals surface area contributed by atoms with Crippen LogP contribution in [0.15, 0.2) is 24.5 Å². The van der Waals surface area contributed by atoms with Gasteiger partial charge in [-0.2, -0.15) is 0 Å². The first kappa shape index (κ1) is 9.90. The van der Waals surface area contributed by atoms with Gasteiger partial charge in [0.05, 0.1) is 17.4 Å². The van der Waals surface area contributed by atoms with Gasteiger partial charge in [0.1, 0.15) is 0 Å². The molecule has 0 saturated carbocycles. The van der Waals surface area contributed by atoms with Crippen LogP contribution in [0.3, 0.4) is 0 Å². The molecule has 1 aromatic carbocycles. The van der Waals surface area contributed by atoms with E-state index in [1.807, 2.05) is 36.7 Å². The molecule has 3 heteroatoms. The summed E-state index contributed by atoms with van der Waals surface area (Å²) in [5.41, 5.74) is 2.71. The molecule has 0 spiro atoms. The van der Waals surface area contributed by atoms with Crippen LogP contribution in [-0.2, 0) is 7.05 Å². The zero-order chi connectivity index (χ0) is 10.8. The first-order valence-corrected chi connectivity index (χ1v) is 5.16. The molecule has 78 valence electrons. The van der Waals surface area contributed by atoms with Gasteiger partial charge in [0.25, 0.3) is 0 Å². The molecule has 0 aliphatic rings. The predicted molar refractivity (Wildman–Crippen MR) is 60.0 cm³/mol. The molecule has 15 heavy (non-hydrogen) atoms. The monoisotopic (exact) mass is 202 g/mol. The molecule has 0 amide bonds. The van der Waals surface area contributed by atoms with Crippen molar-refractivity contribution in [2.45, 2.75) is 19.8 Å². The standard InChI is InChI=1S/C12H14N2O/c1-3-4-12(15)9-5-6-11-10(7-9)13-8-14(11)2/h5-8H,3-4H2,1-2H3. The maximum absolute atomic E-state index is 11.7. The molecule has 1 heterocycles. The molecule has 0 N–H and O–H groups in total. The minimum absolute atomic E-state index is 0.199. The van der Waals surface area contributed by atoms with Gasteiger partial charge in [-0.3, -0.25) is 4.79 Å². The number of aryl methyl sites for hydroxylation is 1. The van der Waals surface area contributed by atoms with E-state index in [-0.39, 0.29) is 5.78 Å². The third-order valence-corrected chi connectivity index (χ3v) is 2.52. The van der Waals surface area contributed by atoms with Crippen molar-refractivity contribution in [2.24, 2.45) is 7.05 Å². The minimum atomic E-state index is 0.199. The van der Waals surface area contributed by atoms with Gasteiger partial charge >= 0.3 is 0 Å². The highest BCUT2D eigenvalue weighted by Gasteiger charge is 2.07. The highest BCUT2D eigenvalue weighted by Crippen LogP contribution is 2.15. The van der Waals surface area contributed by atoms with Gasteiger partial charge in [-0.1, -0.05) is 6.92 Å². The Balaban J connectivity index is 2.43. The third-order valence-electron chi connectivity index (χ3n) is 2.52. The van der Waals surface area contributed by atoms with Crippen LogP contribution in [0.5, 0.6) is 0 Å². The number of rotatable bonds is 3. The molecule has 2 aromatic rings. The second-order valence-electron chi connectivity index (χ2n) is 3.73. The van der Waals surface area contributed by atoms with Crippen LogP contribution in [0.4, 0.5) is 0 Å². The number of imidazole rings is 1. The summed E-state index contributed by atoms with van der Waals surface area (Å²) in [7, 11) is 1.95. The van der Waals surface area contributed by atoms with E-state index in [0.29, 0.717) is 6.42 Å². The Morgan fingerprint density at radius 3 is 3.00 bits per heavy atom. The molecular formula is C12H14N2O. The van der Waals surface area contributed by atoms with E-state index < -0.39 is 0 Å². The first-order chi connectivity index (χ1) is 7.22. The lowest BCUT2D eigenvalue weighted by atomic mass is 10.1. The molecule has 2 rings (SSSR count). The molecule has 0 fully saturated rings. The van der Waals surface area contributed by atoms with E-state index in [9.17, 15) is 4.79 Å². The number of Topliss-reactive ketones (excluding diaryl/α,β-unsaturated/α-hetero) is 1. The van der Waals surface area contributed by atoms with E-state index in [0.717, 1.165) is 23.0 Å². The van der Waals surface area contributed by atoms with Crippen molar-refractivity contribution >= 4 is 16.8 Å². The molecular weight excluding hydrogens is 188 g/mol. The normalized spacial score (nSPS) is 10.8. The molecule has 0 aliphatic carbocycles. The number of benzene rings is 1. The largest absolute Gasteiger partial charge is 0.334 e. The smallest absolute Gasteiger partial charge is 0.162 e. The van der Waals surface area contributed by atoms with Gasteiger partial charge < -0.3 is 4.57 Å². The first-order valence-electron chi connectivity index (χ1n) is 5.16. The van der Waals surface area contributed by atoms with Crippen LogP contribution < -0.4 is 0 Å². The maximum Gasteiger partial charge on any atom is 0.162 e. The summed E-state index contributed by atoms with van der Waals surface area (Å²) in [6, 6.07) is 5.69. The number of carbonyl (C=O) groups excluding carboxylic acids is 1. The Morgan fingerprint density at radius 1 is 1.47 bits per heavy atom. The van der Waals surface area contributed by atoms with Crippen molar-refractivity contribution in [3.8, 4) is 0 Å². The highest BCUT2D eigenvalue weighted by atomic mass is 16.1. The highest BCUT2D eigenvalue weighted by molar-refractivity contribution is 5.98. The predicted octanol–water partition coefficient (Wildman–Crippen LogP) is 2.56. The fourth-order valence-electron chi connectivity index (χ4n) is 1.68. The van der Waals surface area contributed by atoms with Gasteiger partial charge in [-0.15, -0.1) is 0 Å². The second kappa shape index (κ2) is 3.85. The van der Waals surface area contributed by atoms with E-state index in [4.69, 9.17) is 0 Å². The van der Waals surface area contributed by atoms with Crippen molar-refractivity contribution in [2.75, 3.05) is 0 Å². The lowest BCUT2D eigenvalue weighted by Gasteiger charge is -1.99. The molecule has 0 saturated heterocycles. The Bertz CT molecular complexity index is 499. The number of hydrogen-bond donors (Lipinski definition) is 0. The third kappa shape index (κ3) is 1.77. The molecule has 1 aromatic heterocycles. The second-order valence-corrected chi connectivity index (χ2v) is 3.73. The quantitative estimate of drug-likeness (QED) is 0.717. The Morgan fingerprint density at radius 2 is 2.27 bits per heavy atom. The average Bonchev–Trinajstić information content (AvgIpc) is 2.60. The summed E-state index contributed by atoms with van der Waals surface area (Å²) < 4.78 is 1.95. The van der Waals surface area contributed by atoms with Gasteiger partial charge in [-0.05, 0) is 24.6 Å². The number of carbonyl (C=O) groups is 1. The summed E-state index contributed by atoms with van der Waals surface area (Å²) in [5.74, 6) is 0.199. The SMILES string of the molecule is CCCC(=O)c1ccc2c(c1)ncn2C. The average molecular weight is 202 g/mol. The molecule has 0 aliphatic heterocycles. The zero-order valence-electron chi connectivity index (χ0n) is 9.03. The number of hydrogen-bond acceptors (Lipinski definition) is 2. The zero-order valence-corrected chi connectivity index (χ0v) is 9.03. The summed E-state index contributed by atoms with van der Waals surface area (Å²) in [6.45, 7) is 2.01. The van der Waals surface area contributed by atoms with Crippen LogP contribution in [0.2, 0.25) is 0 Å². The number of fused-ring (bicyclic) bond motifs is 1. The van der Waals surface area contributed by atoms with Crippen molar-refractivity contribution < 1.29 is 4.79 Å². The fraction of sp³-hybridized carbons (Fsp3) is 0.333. The van der Waals surface area contributed by atoms with E-state index >= 15 is 0 Å². The van der Waals surface area contributed by atoms with Crippen molar-refractivity contribution in [3.63, 3.8) is 0 Å². The van der Waals surface area contributed by atoms with Gasteiger partial charge in [0.2, 0.25) is 0 Å². The number of ketones is 1. The summed E-state index contributed by atoms with van der Waals surface area (Å²) in [5, 5.41) is 0. The van der Waals surface area contributed by atoms with E-state index in [1.165, 1.54) is 0 Å². The van der Waals surface area contributed by atoms with Crippen LogP contribution in [-0.4, -0.2) is 15.3 Å². The summed E-state index contributed by atoms with van der Waals surface area (Å²) in [6.07, 6.45) is 3.26. The minimum Gasteiger partial charge on any atom is -0.334 e. The van der Waals surface area contributed by atoms with Crippen molar-refractivity contribution in [1.82, 2.24) is 9.55 Å². The van der Waals surface area contributed by atoms with E-state index in [2.05, 4.69) is 4.98 Å². The van der Waals surface area contributed by atoms with Gasteiger partial charge in [-0.25, -0.2) is 4.98 Å². The lowest BCUT2D eigenvalue weighted by molar-refractivity contribution is 0.0982. The summed E-state index contributed by atoms with van der Waals surface area (Å²) in [4.78, 5) is 15.9. The van der Waals surface area contributed by atoms with Crippen molar-refractivity contribution in [1.29, 1.82) is 0 Å². The Kier molecular flexibility index (Phi) is 2.54. The summed E-state index contributed by atoms with van der Waals surface area (Å²) >= 11 is 0. The lowest BCUT2D eigenvalue weighted by Crippen LogP contribution is -1.97.